The van der Waals surface area contributed by atoms with Gasteiger partial charge in [0.2, 0.25) is 5.91 Å². The lowest BCUT2D eigenvalue weighted by atomic mass is 10.00. The summed E-state index contributed by atoms with van der Waals surface area (Å²) in [5, 5.41) is 2.88. The Labute approximate surface area is 142 Å². The van der Waals surface area contributed by atoms with Gasteiger partial charge in [-0.15, -0.1) is 0 Å². The first-order valence-corrected chi connectivity index (χ1v) is 8.49. The van der Waals surface area contributed by atoms with E-state index in [1.54, 1.807) is 0 Å². The molecule has 1 aliphatic rings. The van der Waals surface area contributed by atoms with Crippen molar-refractivity contribution in [2.75, 3.05) is 0 Å². The largest absolute Gasteiger partial charge is 0.326 e. The molecule has 126 valence electrons. The first-order valence-electron chi connectivity index (χ1n) is 8.49. The van der Waals surface area contributed by atoms with Crippen LogP contribution in [0.3, 0.4) is 0 Å². The molecule has 0 aromatic carbocycles. The number of carbonyl (C=O) groups excluding carboxylic acids is 1. The van der Waals surface area contributed by atoms with Gasteiger partial charge in [0.25, 0.3) is 0 Å². The van der Waals surface area contributed by atoms with Gasteiger partial charge in [0, 0.05) is 5.70 Å². The van der Waals surface area contributed by atoms with Gasteiger partial charge in [-0.2, -0.15) is 0 Å². The number of hydrogen-bond acceptors (Lipinski definition) is 1. The molecule has 0 atom stereocenters. The summed E-state index contributed by atoms with van der Waals surface area (Å²) in [5.41, 5.74) is 4.24. The van der Waals surface area contributed by atoms with Gasteiger partial charge >= 0.3 is 0 Å². The average Bonchev–Trinajstić information content (AvgIpc) is 2.93. The lowest BCUT2D eigenvalue weighted by molar-refractivity contribution is -0.118. The van der Waals surface area contributed by atoms with E-state index in [2.05, 4.69) is 48.7 Å². The van der Waals surface area contributed by atoms with Crippen LogP contribution in [0.25, 0.3) is 0 Å². The summed E-state index contributed by atoms with van der Waals surface area (Å²) in [5.74, 6) is 0.0623. The predicted molar refractivity (Wildman–Crippen MR) is 102 cm³/mol. The van der Waals surface area contributed by atoms with Crippen molar-refractivity contribution in [1.29, 1.82) is 0 Å². The molecule has 0 aromatic heterocycles. The Hall–Kier alpha value is -2.09. The third-order valence-corrected chi connectivity index (χ3v) is 3.23. The molecular weight excluding hydrogens is 282 g/mol. The summed E-state index contributed by atoms with van der Waals surface area (Å²) in [6, 6.07) is 0. The predicted octanol–water partition coefficient (Wildman–Crippen LogP) is 5.78. The molecule has 23 heavy (non-hydrogen) atoms. The highest BCUT2D eigenvalue weighted by molar-refractivity contribution is 5.87. The van der Waals surface area contributed by atoms with Crippen molar-refractivity contribution in [3.05, 3.63) is 71.0 Å². The van der Waals surface area contributed by atoms with Crippen LogP contribution in [0.5, 0.6) is 0 Å². The molecule has 1 fully saturated rings. The van der Waals surface area contributed by atoms with Crippen molar-refractivity contribution in [2.45, 2.75) is 54.4 Å². The minimum absolute atomic E-state index is 0.0623. The van der Waals surface area contributed by atoms with Crippen LogP contribution in [0.4, 0.5) is 0 Å². The lowest BCUT2D eigenvalue weighted by Crippen LogP contribution is -2.11. The third kappa shape index (κ3) is 7.14. The van der Waals surface area contributed by atoms with E-state index in [1.165, 1.54) is 0 Å². The topological polar surface area (TPSA) is 29.1 Å². The van der Waals surface area contributed by atoms with Crippen molar-refractivity contribution in [3.63, 3.8) is 0 Å². The van der Waals surface area contributed by atoms with Gasteiger partial charge in [0.05, 0.1) is 6.42 Å². The Bertz CT molecular complexity index is 554. The molecule has 1 amide bonds. The van der Waals surface area contributed by atoms with Gasteiger partial charge in [-0.1, -0.05) is 63.3 Å². The van der Waals surface area contributed by atoms with Gasteiger partial charge in [0.1, 0.15) is 0 Å². The molecule has 1 N–H and O–H groups in total. The fourth-order valence-corrected chi connectivity index (χ4v) is 2.19. The van der Waals surface area contributed by atoms with E-state index in [0.29, 0.717) is 6.42 Å². The maximum absolute atomic E-state index is 11.5. The molecule has 2 nitrogen and oxygen atoms in total. The maximum atomic E-state index is 11.5. The molecule has 1 aliphatic heterocycles. The Morgan fingerprint density at radius 1 is 1.17 bits per heavy atom. The number of hydrogen-bond donors (Lipinski definition) is 1. The number of rotatable bonds is 5. The van der Waals surface area contributed by atoms with Crippen LogP contribution in [0, 0.1) is 0 Å². The second kappa shape index (κ2) is 12.5. The van der Waals surface area contributed by atoms with Crippen molar-refractivity contribution < 1.29 is 4.79 Å². The maximum Gasteiger partial charge on any atom is 0.228 e. The van der Waals surface area contributed by atoms with Gasteiger partial charge < -0.3 is 5.32 Å². The fourth-order valence-electron chi connectivity index (χ4n) is 2.19. The highest BCUT2D eigenvalue weighted by atomic mass is 16.1. The van der Waals surface area contributed by atoms with Crippen molar-refractivity contribution in [1.82, 2.24) is 5.32 Å². The summed E-state index contributed by atoms with van der Waals surface area (Å²) in [6.45, 7) is 12.1. The quantitative estimate of drug-likeness (QED) is 0.641. The fraction of sp³-hybridized carbons (Fsp3) is 0.381. The van der Waals surface area contributed by atoms with Crippen LogP contribution in [-0.2, 0) is 4.79 Å². The van der Waals surface area contributed by atoms with Gasteiger partial charge in [-0.05, 0) is 50.0 Å². The second-order valence-corrected chi connectivity index (χ2v) is 4.80. The van der Waals surface area contributed by atoms with Crippen molar-refractivity contribution in [2.24, 2.45) is 0 Å². The van der Waals surface area contributed by atoms with E-state index in [-0.39, 0.29) is 5.91 Å². The third-order valence-electron chi connectivity index (χ3n) is 3.23. The van der Waals surface area contributed by atoms with Crippen molar-refractivity contribution in [3.8, 4) is 0 Å². The van der Waals surface area contributed by atoms with Crippen LogP contribution in [0.1, 0.15) is 54.4 Å². The van der Waals surface area contributed by atoms with Crippen LogP contribution in [0.15, 0.2) is 71.0 Å². The molecule has 0 saturated carbocycles. The normalized spacial score (nSPS) is 19.7. The molecule has 0 bridgehead atoms. The van der Waals surface area contributed by atoms with E-state index in [9.17, 15) is 4.79 Å². The lowest BCUT2D eigenvalue weighted by Gasteiger charge is -2.05. The molecule has 0 radical (unpaired) electrons. The highest BCUT2D eigenvalue weighted by Crippen LogP contribution is 2.24. The van der Waals surface area contributed by atoms with Gasteiger partial charge in [-0.3, -0.25) is 4.79 Å². The minimum atomic E-state index is 0.0623. The number of nitrogens with one attached hydrogen (secondary N) is 1. The Kier molecular flexibility index (Phi) is 11.3. The van der Waals surface area contributed by atoms with Crippen LogP contribution >= 0.6 is 0 Å². The Morgan fingerprint density at radius 3 is 2.39 bits per heavy atom. The van der Waals surface area contributed by atoms with Crippen LogP contribution in [-0.4, -0.2) is 5.91 Å². The van der Waals surface area contributed by atoms with E-state index in [0.717, 1.165) is 28.8 Å². The molecule has 0 spiro atoms. The molecule has 1 rings (SSSR count). The molecule has 1 saturated heterocycles. The molecule has 1 heterocycles. The zero-order valence-electron chi connectivity index (χ0n) is 15.4. The summed E-state index contributed by atoms with van der Waals surface area (Å²) in [7, 11) is 0. The minimum Gasteiger partial charge on any atom is -0.326 e. The SMILES string of the molecule is CC.C\C=C/C(=C\C=C/CC)C(/C=C1/CC(=O)N/C1=C/C)=C/C. The van der Waals surface area contributed by atoms with Crippen LogP contribution < -0.4 is 5.32 Å². The van der Waals surface area contributed by atoms with Crippen molar-refractivity contribution >= 4 is 5.91 Å². The molecule has 0 aromatic rings. The second-order valence-electron chi connectivity index (χ2n) is 4.80. The molecular formula is C21H31NO. The van der Waals surface area contributed by atoms with E-state index in [4.69, 9.17) is 0 Å². The summed E-state index contributed by atoms with van der Waals surface area (Å²) in [4.78, 5) is 11.5. The first-order chi connectivity index (χ1) is 11.2. The molecule has 0 aliphatic carbocycles. The highest BCUT2D eigenvalue weighted by Gasteiger charge is 2.19. The van der Waals surface area contributed by atoms with E-state index >= 15 is 0 Å². The number of amides is 1. The van der Waals surface area contributed by atoms with Crippen LogP contribution in [0.2, 0.25) is 0 Å². The molecule has 0 unspecified atom stereocenters. The zero-order valence-corrected chi connectivity index (χ0v) is 15.4. The monoisotopic (exact) mass is 313 g/mol. The average molecular weight is 313 g/mol. The Morgan fingerprint density at radius 2 is 1.87 bits per heavy atom. The zero-order chi connectivity index (χ0) is 17.7. The van der Waals surface area contributed by atoms with E-state index in [1.807, 2.05) is 46.8 Å². The smallest absolute Gasteiger partial charge is 0.228 e. The van der Waals surface area contributed by atoms with E-state index < -0.39 is 0 Å². The standard InChI is InChI=1S/C19H25NO.C2H6/c1-5-9-10-12-16(11-6-2)15(7-3)13-17-14-19(21)20-18(17)8-4;1-2/h6-13H,5,14H2,1-4H3,(H,20,21);1-2H3/b10-9-,11-6-,15-7+,16-12+,17-13-,18-8+;. The Balaban J connectivity index is 0.00000232. The van der Waals surface area contributed by atoms with Gasteiger partial charge in [0.15, 0.2) is 0 Å². The summed E-state index contributed by atoms with van der Waals surface area (Å²) >= 11 is 0. The van der Waals surface area contributed by atoms with Gasteiger partial charge in [-0.25, -0.2) is 0 Å². The summed E-state index contributed by atoms with van der Waals surface area (Å²) in [6.07, 6.45) is 18.0. The summed E-state index contributed by atoms with van der Waals surface area (Å²) < 4.78 is 0. The number of carbonyl (C=O) groups is 1. The number of allylic oxidation sites excluding steroid dienone is 11. The first kappa shape index (κ1) is 20.9. The molecule has 2 heteroatoms.